The average molecular weight is 283 g/mol. The van der Waals surface area contributed by atoms with E-state index in [1.165, 1.54) is 13.0 Å². The van der Waals surface area contributed by atoms with Crippen molar-refractivity contribution in [2.45, 2.75) is 65.5 Å². The van der Waals surface area contributed by atoms with Crippen molar-refractivity contribution in [2.24, 2.45) is 11.1 Å². The van der Waals surface area contributed by atoms with E-state index in [0.717, 1.165) is 25.9 Å². The highest BCUT2D eigenvalue weighted by Crippen LogP contribution is 2.22. The first-order valence-corrected chi connectivity index (χ1v) is 7.99. The molecule has 0 radical (unpaired) electrons. The molecule has 0 spiro atoms. The van der Waals surface area contributed by atoms with Crippen molar-refractivity contribution in [3.63, 3.8) is 0 Å². The molecule has 0 bridgehead atoms. The van der Waals surface area contributed by atoms with E-state index in [0.29, 0.717) is 12.5 Å². The van der Waals surface area contributed by atoms with Crippen molar-refractivity contribution in [3.8, 4) is 0 Å². The van der Waals surface area contributed by atoms with Crippen LogP contribution in [0.1, 0.15) is 53.4 Å². The van der Waals surface area contributed by atoms with E-state index >= 15 is 0 Å². The van der Waals surface area contributed by atoms with Crippen LogP contribution in [0.25, 0.3) is 0 Å². The Bertz CT molecular complexity index is 303. The van der Waals surface area contributed by atoms with Crippen LogP contribution in [-0.2, 0) is 4.79 Å². The fourth-order valence-corrected chi connectivity index (χ4v) is 2.69. The molecule has 1 aliphatic rings. The van der Waals surface area contributed by atoms with E-state index < -0.39 is 0 Å². The second-order valence-electron chi connectivity index (χ2n) is 7.25. The van der Waals surface area contributed by atoms with Crippen LogP contribution < -0.4 is 5.73 Å². The smallest absolute Gasteiger partial charge is 0.224 e. The van der Waals surface area contributed by atoms with Gasteiger partial charge >= 0.3 is 0 Å². The molecular formula is C16H33N3O. The van der Waals surface area contributed by atoms with Crippen molar-refractivity contribution >= 4 is 5.91 Å². The minimum atomic E-state index is -0.0716. The lowest BCUT2D eigenvalue weighted by molar-refractivity contribution is -0.133. The molecule has 0 aromatic rings. The van der Waals surface area contributed by atoms with E-state index in [4.69, 9.17) is 5.73 Å². The summed E-state index contributed by atoms with van der Waals surface area (Å²) in [7, 11) is 1.94. The first kappa shape index (κ1) is 17.4. The summed E-state index contributed by atoms with van der Waals surface area (Å²) in [5, 5.41) is 0. The molecule has 0 saturated carbocycles. The summed E-state index contributed by atoms with van der Waals surface area (Å²) in [6.07, 6.45) is 3.84. The van der Waals surface area contributed by atoms with Crippen molar-refractivity contribution in [1.82, 2.24) is 9.80 Å². The van der Waals surface area contributed by atoms with Gasteiger partial charge in [-0.25, -0.2) is 0 Å². The monoisotopic (exact) mass is 283 g/mol. The lowest BCUT2D eigenvalue weighted by atomic mass is 9.85. The van der Waals surface area contributed by atoms with Crippen LogP contribution in [0.4, 0.5) is 0 Å². The fraction of sp³-hybridized carbons (Fsp3) is 0.938. The van der Waals surface area contributed by atoms with Crippen LogP contribution in [0.15, 0.2) is 0 Å². The number of hydrogen-bond donors (Lipinski definition) is 1. The fourth-order valence-electron chi connectivity index (χ4n) is 2.69. The average Bonchev–Trinajstić information content (AvgIpc) is 2.38. The summed E-state index contributed by atoms with van der Waals surface area (Å²) in [5.41, 5.74) is 6.11. The van der Waals surface area contributed by atoms with Gasteiger partial charge in [0.05, 0.1) is 0 Å². The number of carbonyl (C=O) groups excluding carboxylic acids is 1. The molecule has 2 N–H and O–H groups in total. The van der Waals surface area contributed by atoms with E-state index in [9.17, 15) is 4.79 Å². The zero-order valence-electron chi connectivity index (χ0n) is 14.0. The summed E-state index contributed by atoms with van der Waals surface area (Å²) in [5.74, 6) is 0.196. The quantitative estimate of drug-likeness (QED) is 0.840. The third kappa shape index (κ3) is 5.06. The van der Waals surface area contributed by atoms with E-state index in [1.807, 2.05) is 11.9 Å². The maximum atomic E-state index is 12.3. The van der Waals surface area contributed by atoms with Crippen LogP contribution in [0, 0.1) is 5.41 Å². The van der Waals surface area contributed by atoms with Gasteiger partial charge in [0.1, 0.15) is 0 Å². The summed E-state index contributed by atoms with van der Waals surface area (Å²) in [6.45, 7) is 11.9. The second kappa shape index (κ2) is 7.41. The molecule has 118 valence electrons. The Balaban J connectivity index is 2.42. The highest BCUT2D eigenvalue weighted by Gasteiger charge is 2.28. The number of piperidine rings is 1. The van der Waals surface area contributed by atoms with Gasteiger partial charge in [0.15, 0.2) is 0 Å². The third-order valence-corrected chi connectivity index (χ3v) is 4.54. The van der Waals surface area contributed by atoms with Gasteiger partial charge in [-0.15, -0.1) is 0 Å². The van der Waals surface area contributed by atoms with Gasteiger partial charge < -0.3 is 15.5 Å². The molecule has 20 heavy (non-hydrogen) atoms. The number of hydrogen-bond acceptors (Lipinski definition) is 3. The summed E-state index contributed by atoms with van der Waals surface area (Å²) >= 11 is 0. The van der Waals surface area contributed by atoms with Gasteiger partial charge in [-0.05, 0) is 31.2 Å². The molecule has 1 amide bonds. The molecule has 0 aliphatic carbocycles. The maximum absolute atomic E-state index is 12.3. The Morgan fingerprint density at radius 2 is 1.90 bits per heavy atom. The van der Waals surface area contributed by atoms with E-state index in [-0.39, 0.29) is 17.4 Å². The van der Waals surface area contributed by atoms with Gasteiger partial charge in [-0.2, -0.15) is 0 Å². The maximum Gasteiger partial charge on any atom is 0.224 e. The van der Waals surface area contributed by atoms with Crippen LogP contribution in [0.5, 0.6) is 0 Å². The zero-order chi connectivity index (χ0) is 15.3. The van der Waals surface area contributed by atoms with E-state index in [1.54, 1.807) is 0 Å². The summed E-state index contributed by atoms with van der Waals surface area (Å²) in [4.78, 5) is 16.8. The van der Waals surface area contributed by atoms with Crippen molar-refractivity contribution in [3.05, 3.63) is 0 Å². The number of rotatable bonds is 5. The number of nitrogens with two attached hydrogens (primary N) is 1. The third-order valence-electron chi connectivity index (χ3n) is 4.54. The molecule has 1 fully saturated rings. The lowest BCUT2D eigenvalue weighted by Gasteiger charge is -2.37. The van der Waals surface area contributed by atoms with Crippen molar-refractivity contribution < 1.29 is 4.79 Å². The molecule has 1 saturated heterocycles. The molecule has 1 rings (SSSR count). The molecule has 0 aromatic carbocycles. The summed E-state index contributed by atoms with van der Waals surface area (Å²) < 4.78 is 0. The molecule has 4 heteroatoms. The van der Waals surface area contributed by atoms with Crippen LogP contribution in [0.2, 0.25) is 0 Å². The Morgan fingerprint density at radius 1 is 1.35 bits per heavy atom. The van der Waals surface area contributed by atoms with E-state index in [2.05, 4.69) is 32.6 Å². The van der Waals surface area contributed by atoms with Gasteiger partial charge in [0.25, 0.3) is 0 Å². The minimum Gasteiger partial charge on any atom is -0.343 e. The predicted molar refractivity (Wildman–Crippen MR) is 84.6 cm³/mol. The van der Waals surface area contributed by atoms with Gasteiger partial charge in [-0.3, -0.25) is 4.79 Å². The van der Waals surface area contributed by atoms with Crippen LogP contribution in [-0.4, -0.2) is 54.5 Å². The molecule has 1 atom stereocenters. The second-order valence-corrected chi connectivity index (χ2v) is 7.25. The molecular weight excluding hydrogens is 250 g/mol. The predicted octanol–water partition coefficient (Wildman–Crippen LogP) is 2.08. The SMILES string of the molecule is CCCN1CCC(N(C)C(=O)CC(N)C(C)(C)C)CC1. The standard InChI is InChI=1S/C16H33N3O/c1-6-9-19-10-7-13(8-11-19)18(5)15(20)12-14(17)16(2,3)4/h13-14H,6-12,17H2,1-5H3. The lowest BCUT2D eigenvalue weighted by Crippen LogP contribution is -2.48. The van der Waals surface area contributed by atoms with Crippen LogP contribution in [0.3, 0.4) is 0 Å². The minimum absolute atomic E-state index is 0.0129. The normalized spacial score (nSPS) is 19.9. The highest BCUT2D eigenvalue weighted by atomic mass is 16.2. The van der Waals surface area contributed by atoms with Crippen LogP contribution >= 0.6 is 0 Å². The number of likely N-dealkylation sites (tertiary alicyclic amines) is 1. The Hall–Kier alpha value is -0.610. The molecule has 1 heterocycles. The largest absolute Gasteiger partial charge is 0.343 e. The van der Waals surface area contributed by atoms with Crippen molar-refractivity contribution in [2.75, 3.05) is 26.7 Å². The Labute approximate surface area is 124 Å². The Kier molecular flexibility index (Phi) is 6.46. The van der Waals surface area contributed by atoms with Gasteiger partial charge in [0.2, 0.25) is 5.91 Å². The first-order chi connectivity index (χ1) is 9.25. The Morgan fingerprint density at radius 3 is 2.35 bits per heavy atom. The molecule has 1 unspecified atom stereocenters. The first-order valence-electron chi connectivity index (χ1n) is 7.99. The zero-order valence-corrected chi connectivity index (χ0v) is 14.0. The number of nitrogens with zero attached hydrogens (tertiary/aromatic N) is 2. The number of carbonyl (C=O) groups is 1. The topological polar surface area (TPSA) is 49.6 Å². The van der Waals surface area contributed by atoms with Crippen molar-refractivity contribution in [1.29, 1.82) is 0 Å². The highest BCUT2D eigenvalue weighted by molar-refractivity contribution is 5.77. The molecule has 4 nitrogen and oxygen atoms in total. The van der Waals surface area contributed by atoms with Gasteiger partial charge in [0, 0.05) is 38.6 Å². The molecule has 0 aromatic heterocycles. The molecule has 1 aliphatic heterocycles. The number of amides is 1. The van der Waals surface area contributed by atoms with Gasteiger partial charge in [-0.1, -0.05) is 27.7 Å². The summed E-state index contributed by atoms with van der Waals surface area (Å²) in [6, 6.07) is 0.320.